The van der Waals surface area contributed by atoms with Crippen LogP contribution >= 0.6 is 39.1 Å². The molecule has 0 spiro atoms. The lowest BCUT2D eigenvalue weighted by molar-refractivity contribution is 1.63. The Labute approximate surface area is 71.9 Å². The molecule has 3 heteroatoms. The van der Waals surface area contributed by atoms with Crippen LogP contribution in [0.1, 0.15) is 0 Å². The van der Waals surface area contributed by atoms with Crippen LogP contribution in [0.25, 0.3) is 0 Å². The molecule has 1 radical (unpaired) electrons. The molecule has 9 heavy (non-hydrogen) atoms. The van der Waals surface area contributed by atoms with Gasteiger partial charge in [0, 0.05) is 15.6 Å². The molecule has 1 aromatic carbocycles. The van der Waals surface area contributed by atoms with Crippen molar-refractivity contribution in [3.05, 3.63) is 32.7 Å². The number of benzene rings is 1. The third-order valence-corrected chi connectivity index (χ3v) is 2.21. The molecule has 0 aliphatic carbocycles. The molecule has 0 aromatic heterocycles. The number of hydrogen-bond donors (Lipinski definition) is 0. The molecule has 0 amide bonds. The Bertz CT molecular complexity index is 222. The Morgan fingerprint density at radius 3 is 2.56 bits per heavy atom. The van der Waals surface area contributed by atoms with Gasteiger partial charge in [-0.15, -0.1) is 0 Å². The summed E-state index contributed by atoms with van der Waals surface area (Å²) in [6.45, 7) is 0. The molecule has 0 fully saturated rings. The summed E-state index contributed by atoms with van der Waals surface area (Å²) < 4.78 is 0.744. The fraction of sp³-hybridized carbons (Fsp3) is 0. The van der Waals surface area contributed by atoms with Gasteiger partial charge < -0.3 is 0 Å². The molecule has 47 valence electrons. The third-order valence-electron chi connectivity index (χ3n) is 0.811. The molecule has 0 aliphatic rings. The first kappa shape index (κ1) is 7.39. The van der Waals surface area contributed by atoms with Crippen molar-refractivity contribution in [1.29, 1.82) is 0 Å². The normalized spacial score (nSPS) is 9.67. The van der Waals surface area contributed by atoms with Crippen LogP contribution in [0.2, 0.25) is 10.0 Å². The predicted molar refractivity (Wildman–Crippen MR) is 43.0 cm³/mol. The summed E-state index contributed by atoms with van der Waals surface area (Å²) in [5, 5.41) is 1.19. The Morgan fingerprint density at radius 2 is 2.11 bits per heavy atom. The molecule has 0 N–H and O–H groups in total. The molecule has 0 aliphatic heterocycles. The van der Waals surface area contributed by atoms with E-state index in [4.69, 9.17) is 23.2 Å². The number of hydrogen-bond acceptors (Lipinski definition) is 0. The second-order valence-corrected chi connectivity index (χ2v) is 3.12. The second kappa shape index (κ2) is 2.91. The Morgan fingerprint density at radius 1 is 1.44 bits per heavy atom. The summed E-state index contributed by atoms with van der Waals surface area (Å²) >= 11 is 14.4. The average Bonchev–Trinajstić information content (AvgIpc) is 1.80. The summed E-state index contributed by atoms with van der Waals surface area (Å²) in [6.07, 6.45) is 0. The maximum Gasteiger partial charge on any atom is 0.0569 e. The highest BCUT2D eigenvalue weighted by atomic mass is 79.9. The molecule has 0 saturated carbocycles. The highest BCUT2D eigenvalue weighted by Gasteiger charge is 1.95. The van der Waals surface area contributed by atoms with Gasteiger partial charge in [0.05, 0.1) is 5.02 Å². The van der Waals surface area contributed by atoms with Crippen molar-refractivity contribution in [2.24, 2.45) is 0 Å². The van der Waals surface area contributed by atoms with Crippen molar-refractivity contribution >= 4 is 39.1 Å². The van der Waals surface area contributed by atoms with Gasteiger partial charge in [0.15, 0.2) is 0 Å². The first-order valence-electron chi connectivity index (χ1n) is 2.22. The van der Waals surface area contributed by atoms with Crippen molar-refractivity contribution in [1.82, 2.24) is 0 Å². The maximum atomic E-state index is 5.65. The van der Waals surface area contributed by atoms with E-state index in [-0.39, 0.29) is 0 Å². The topological polar surface area (TPSA) is 0 Å². The van der Waals surface area contributed by atoms with Crippen LogP contribution in [0.4, 0.5) is 0 Å². The van der Waals surface area contributed by atoms with Crippen LogP contribution in [0.15, 0.2) is 16.6 Å². The number of halogens is 3. The van der Waals surface area contributed by atoms with Crippen LogP contribution in [0.3, 0.4) is 0 Å². The highest BCUT2D eigenvalue weighted by molar-refractivity contribution is 9.10. The minimum atomic E-state index is 0.586. The smallest absolute Gasteiger partial charge is 0.0569 e. The molecule has 0 heterocycles. The van der Waals surface area contributed by atoms with E-state index in [1.165, 1.54) is 0 Å². The zero-order valence-electron chi connectivity index (χ0n) is 4.29. The van der Waals surface area contributed by atoms with Gasteiger partial charge >= 0.3 is 0 Å². The van der Waals surface area contributed by atoms with Crippen molar-refractivity contribution in [3.8, 4) is 0 Å². The Kier molecular flexibility index (Phi) is 2.39. The van der Waals surface area contributed by atoms with Gasteiger partial charge in [-0.25, -0.2) is 0 Å². The zero-order valence-corrected chi connectivity index (χ0v) is 7.39. The molecule has 1 rings (SSSR count). The van der Waals surface area contributed by atoms with Gasteiger partial charge in [-0.05, 0) is 28.1 Å². The Balaban J connectivity index is 3.17. The van der Waals surface area contributed by atoms with Gasteiger partial charge in [-0.3, -0.25) is 0 Å². The van der Waals surface area contributed by atoms with Crippen LogP contribution < -0.4 is 0 Å². The summed E-state index contributed by atoms with van der Waals surface area (Å²) in [5.41, 5.74) is 0. The van der Waals surface area contributed by atoms with Crippen LogP contribution in [-0.4, -0.2) is 0 Å². The largest absolute Gasteiger partial charge is 0.0843 e. The van der Waals surface area contributed by atoms with Gasteiger partial charge in [0.1, 0.15) is 0 Å². The summed E-state index contributed by atoms with van der Waals surface area (Å²) in [4.78, 5) is 0. The first-order chi connectivity index (χ1) is 4.20. The van der Waals surface area contributed by atoms with E-state index in [2.05, 4.69) is 22.0 Å². The third kappa shape index (κ3) is 1.85. The highest BCUT2D eigenvalue weighted by Crippen LogP contribution is 2.24. The fourth-order valence-corrected chi connectivity index (χ4v) is 1.05. The summed E-state index contributed by atoms with van der Waals surface area (Å²) in [6, 6.07) is 6.13. The molecular weight excluding hydrogens is 223 g/mol. The van der Waals surface area contributed by atoms with Crippen LogP contribution in [0, 0.1) is 6.07 Å². The monoisotopic (exact) mass is 223 g/mol. The van der Waals surface area contributed by atoms with E-state index >= 15 is 0 Å². The van der Waals surface area contributed by atoms with E-state index in [0.29, 0.717) is 10.0 Å². The quantitative estimate of drug-likeness (QED) is 0.592. The molecule has 1 aromatic rings. The zero-order chi connectivity index (χ0) is 6.85. The molecule has 0 bridgehead atoms. The van der Waals surface area contributed by atoms with Crippen LogP contribution in [0.5, 0.6) is 0 Å². The second-order valence-electron chi connectivity index (χ2n) is 1.48. The predicted octanol–water partition coefficient (Wildman–Crippen LogP) is 3.56. The van der Waals surface area contributed by atoms with Gasteiger partial charge in [0.2, 0.25) is 0 Å². The number of rotatable bonds is 0. The minimum absolute atomic E-state index is 0.586. The van der Waals surface area contributed by atoms with Crippen molar-refractivity contribution in [3.63, 3.8) is 0 Å². The minimum Gasteiger partial charge on any atom is -0.0843 e. The van der Waals surface area contributed by atoms with Gasteiger partial charge in [-0.1, -0.05) is 23.2 Å². The van der Waals surface area contributed by atoms with Crippen molar-refractivity contribution < 1.29 is 0 Å². The van der Waals surface area contributed by atoms with E-state index in [1.807, 2.05) is 0 Å². The summed E-state index contributed by atoms with van der Waals surface area (Å²) in [7, 11) is 0. The first-order valence-corrected chi connectivity index (χ1v) is 3.77. The maximum absolute atomic E-state index is 5.65. The van der Waals surface area contributed by atoms with Crippen molar-refractivity contribution in [2.45, 2.75) is 0 Å². The van der Waals surface area contributed by atoms with Crippen LogP contribution in [-0.2, 0) is 0 Å². The molecule has 0 saturated heterocycles. The molecule has 0 unspecified atom stereocenters. The lowest BCUT2D eigenvalue weighted by Gasteiger charge is -1.92. The standard InChI is InChI=1S/C6H2BrCl2/c7-5-2-1-4(8)3-6(5)9/h1,3H. The summed E-state index contributed by atoms with van der Waals surface area (Å²) in [5.74, 6) is 0. The van der Waals surface area contributed by atoms with E-state index < -0.39 is 0 Å². The molecule has 0 nitrogen and oxygen atoms in total. The lowest BCUT2D eigenvalue weighted by atomic mass is 10.4. The fourth-order valence-electron chi connectivity index (χ4n) is 0.427. The van der Waals surface area contributed by atoms with E-state index in [1.54, 1.807) is 12.1 Å². The van der Waals surface area contributed by atoms with Gasteiger partial charge in [0.25, 0.3) is 0 Å². The van der Waals surface area contributed by atoms with E-state index in [0.717, 1.165) is 4.47 Å². The Hall–Kier alpha value is 0.280. The SMILES string of the molecule is Clc1c[c]c(Br)c(Cl)c1. The lowest BCUT2D eigenvalue weighted by Crippen LogP contribution is -1.67. The average molecular weight is 225 g/mol. The van der Waals surface area contributed by atoms with E-state index in [9.17, 15) is 0 Å². The molecular formula is C6H2BrCl2. The molecule has 0 atom stereocenters. The van der Waals surface area contributed by atoms with Gasteiger partial charge in [-0.2, -0.15) is 0 Å². The van der Waals surface area contributed by atoms with Crippen molar-refractivity contribution in [2.75, 3.05) is 0 Å².